The number of aromatic nitrogens is 2. The topological polar surface area (TPSA) is 67.3 Å². The number of aliphatic hydroxyl groups is 1. The lowest BCUT2D eigenvalue weighted by molar-refractivity contribution is -0.142. The third-order valence-electron chi connectivity index (χ3n) is 6.35. The smallest absolute Gasteiger partial charge is 0.321 e. The molecule has 4 fully saturated rings. The van der Waals surface area contributed by atoms with Crippen molar-refractivity contribution in [3.8, 4) is 11.8 Å². The van der Waals surface area contributed by atoms with E-state index in [-0.39, 0.29) is 5.54 Å². The highest BCUT2D eigenvalue weighted by Crippen LogP contribution is 2.57. The predicted molar refractivity (Wildman–Crippen MR) is 97.8 cm³/mol. The molecule has 0 spiro atoms. The molecule has 2 N–H and O–H groups in total. The van der Waals surface area contributed by atoms with Crippen LogP contribution < -0.4 is 10.1 Å². The summed E-state index contributed by atoms with van der Waals surface area (Å²) in [7, 11) is 0. The first-order chi connectivity index (χ1) is 12.6. The van der Waals surface area contributed by atoms with Crippen molar-refractivity contribution >= 4 is 0 Å². The number of benzene rings is 1. The minimum Gasteiger partial charge on any atom is -0.424 e. The summed E-state index contributed by atoms with van der Waals surface area (Å²) in [5.41, 5.74) is 0.867. The summed E-state index contributed by atoms with van der Waals surface area (Å²) in [5, 5.41) is 14.7. The van der Waals surface area contributed by atoms with Gasteiger partial charge in [0.2, 0.25) is 0 Å². The second-order valence-electron chi connectivity index (χ2n) is 8.60. The molecule has 4 saturated carbocycles. The minimum absolute atomic E-state index is 0.109. The van der Waals surface area contributed by atoms with Gasteiger partial charge in [0.15, 0.2) is 0 Å². The molecule has 0 saturated heterocycles. The summed E-state index contributed by atoms with van der Waals surface area (Å²) in [5.74, 6) is 2.14. The monoisotopic (exact) mass is 351 g/mol. The molecule has 136 valence electrons. The molecule has 2 aromatic rings. The number of hydrogen-bond acceptors (Lipinski definition) is 5. The fourth-order valence-electron chi connectivity index (χ4n) is 5.87. The van der Waals surface area contributed by atoms with Gasteiger partial charge in [-0.25, -0.2) is 9.97 Å². The average Bonchev–Trinajstić information content (AvgIpc) is 2.59. The summed E-state index contributed by atoms with van der Waals surface area (Å²) >= 11 is 0. The molecular formula is C21H25N3O2. The number of nitrogens with one attached hydrogen (secondary N) is 1. The second-order valence-corrected chi connectivity index (χ2v) is 8.60. The van der Waals surface area contributed by atoms with Crippen LogP contribution in [0.15, 0.2) is 42.7 Å². The van der Waals surface area contributed by atoms with Crippen LogP contribution in [0.1, 0.15) is 44.1 Å². The van der Waals surface area contributed by atoms with Gasteiger partial charge >= 0.3 is 6.01 Å². The van der Waals surface area contributed by atoms with Gasteiger partial charge < -0.3 is 15.2 Å². The normalized spacial score (nSPS) is 34.8. The lowest BCUT2D eigenvalue weighted by Crippen LogP contribution is -2.64. The van der Waals surface area contributed by atoms with Crippen molar-refractivity contribution in [2.75, 3.05) is 0 Å². The van der Waals surface area contributed by atoms with E-state index in [1.807, 2.05) is 18.2 Å². The van der Waals surface area contributed by atoms with E-state index in [2.05, 4.69) is 21.4 Å². The SMILES string of the molecule is OC12CC3CC(C1)CC(NCc1cccc(Oc4ncccn4)c1)(C3)C2. The standard InChI is InChI=1S/C21H25N3O2/c25-21-11-16-7-17(12-21)10-20(9-16,14-21)24-13-15-3-1-4-18(8-15)26-19-22-5-2-6-23-19/h1-6,8,16-17,24-25H,7,9-14H2. The lowest BCUT2D eigenvalue weighted by Gasteiger charge is -2.60. The van der Waals surface area contributed by atoms with Crippen molar-refractivity contribution in [1.29, 1.82) is 0 Å². The first-order valence-electron chi connectivity index (χ1n) is 9.61. The maximum atomic E-state index is 10.9. The summed E-state index contributed by atoms with van der Waals surface area (Å²) in [6.07, 6.45) is 9.99. The van der Waals surface area contributed by atoms with Crippen LogP contribution in [-0.2, 0) is 6.54 Å². The zero-order chi connectivity index (χ0) is 17.6. The van der Waals surface area contributed by atoms with Gasteiger partial charge in [-0.15, -0.1) is 0 Å². The maximum absolute atomic E-state index is 10.9. The largest absolute Gasteiger partial charge is 0.424 e. The summed E-state index contributed by atoms with van der Waals surface area (Å²) in [6.45, 7) is 0.794. The van der Waals surface area contributed by atoms with Gasteiger partial charge in [-0.3, -0.25) is 0 Å². The fraction of sp³-hybridized carbons (Fsp3) is 0.524. The van der Waals surface area contributed by atoms with E-state index >= 15 is 0 Å². The van der Waals surface area contributed by atoms with E-state index in [1.54, 1.807) is 18.5 Å². The van der Waals surface area contributed by atoms with E-state index in [0.29, 0.717) is 17.8 Å². The predicted octanol–water partition coefficient (Wildman–Crippen LogP) is 3.44. The van der Waals surface area contributed by atoms with Gasteiger partial charge in [0.1, 0.15) is 5.75 Å². The van der Waals surface area contributed by atoms with E-state index in [0.717, 1.165) is 31.6 Å². The van der Waals surface area contributed by atoms with E-state index in [9.17, 15) is 5.11 Å². The second kappa shape index (κ2) is 6.03. The van der Waals surface area contributed by atoms with Crippen molar-refractivity contribution < 1.29 is 9.84 Å². The lowest BCUT2D eigenvalue weighted by atomic mass is 9.51. The van der Waals surface area contributed by atoms with Crippen LogP contribution in [0.2, 0.25) is 0 Å². The van der Waals surface area contributed by atoms with Crippen LogP contribution in [0, 0.1) is 11.8 Å². The highest BCUT2D eigenvalue weighted by molar-refractivity contribution is 5.30. The first-order valence-corrected chi connectivity index (χ1v) is 9.61. The number of ether oxygens (including phenoxy) is 1. The molecule has 6 rings (SSSR count). The maximum Gasteiger partial charge on any atom is 0.321 e. The van der Waals surface area contributed by atoms with Crippen LogP contribution in [-0.4, -0.2) is 26.2 Å². The Morgan fingerprint density at radius 2 is 1.85 bits per heavy atom. The molecule has 5 nitrogen and oxygen atoms in total. The Balaban J connectivity index is 1.28. The van der Waals surface area contributed by atoms with Crippen LogP contribution in [0.4, 0.5) is 0 Å². The summed E-state index contributed by atoms with van der Waals surface area (Å²) in [6, 6.07) is 10.2. The molecule has 4 aliphatic carbocycles. The highest BCUT2D eigenvalue weighted by Gasteiger charge is 2.56. The zero-order valence-electron chi connectivity index (χ0n) is 14.9. The molecule has 26 heavy (non-hydrogen) atoms. The summed E-state index contributed by atoms with van der Waals surface area (Å²) in [4.78, 5) is 8.21. The molecule has 0 aliphatic heterocycles. The Morgan fingerprint density at radius 3 is 2.58 bits per heavy atom. The van der Waals surface area contributed by atoms with Crippen LogP contribution in [0.3, 0.4) is 0 Å². The molecule has 0 radical (unpaired) electrons. The average molecular weight is 351 g/mol. The Morgan fingerprint density at radius 1 is 1.08 bits per heavy atom. The molecule has 0 amide bonds. The molecule has 1 heterocycles. The third kappa shape index (κ3) is 3.10. The van der Waals surface area contributed by atoms with Crippen molar-refractivity contribution in [3.63, 3.8) is 0 Å². The van der Waals surface area contributed by atoms with Gasteiger partial charge in [0.05, 0.1) is 5.60 Å². The first kappa shape index (κ1) is 16.2. The zero-order valence-corrected chi connectivity index (χ0v) is 14.9. The van der Waals surface area contributed by atoms with Crippen LogP contribution in [0.25, 0.3) is 0 Å². The van der Waals surface area contributed by atoms with Crippen molar-refractivity contribution in [3.05, 3.63) is 48.3 Å². The molecule has 5 heteroatoms. The fourth-order valence-corrected chi connectivity index (χ4v) is 5.87. The minimum atomic E-state index is -0.424. The number of nitrogens with zero attached hydrogens (tertiary/aromatic N) is 2. The molecule has 2 unspecified atom stereocenters. The van der Waals surface area contributed by atoms with Gasteiger partial charge in [-0.1, -0.05) is 12.1 Å². The van der Waals surface area contributed by atoms with Crippen molar-refractivity contribution in [2.45, 2.75) is 56.2 Å². The third-order valence-corrected chi connectivity index (χ3v) is 6.35. The van der Waals surface area contributed by atoms with Gasteiger partial charge in [-0.05, 0) is 74.1 Å². The highest BCUT2D eigenvalue weighted by atomic mass is 16.5. The van der Waals surface area contributed by atoms with E-state index in [1.165, 1.54) is 24.8 Å². The Hall–Kier alpha value is -1.98. The van der Waals surface area contributed by atoms with Gasteiger partial charge in [0, 0.05) is 24.5 Å². The quantitative estimate of drug-likeness (QED) is 0.864. The van der Waals surface area contributed by atoms with E-state index < -0.39 is 5.60 Å². The van der Waals surface area contributed by atoms with Crippen LogP contribution >= 0.6 is 0 Å². The Labute approximate surface area is 153 Å². The molecule has 4 aliphatic rings. The van der Waals surface area contributed by atoms with Crippen LogP contribution in [0.5, 0.6) is 11.8 Å². The van der Waals surface area contributed by atoms with Gasteiger partial charge in [0.25, 0.3) is 0 Å². The van der Waals surface area contributed by atoms with Gasteiger partial charge in [-0.2, -0.15) is 0 Å². The molecule has 1 aromatic heterocycles. The molecule has 4 bridgehead atoms. The van der Waals surface area contributed by atoms with Crippen molar-refractivity contribution in [2.24, 2.45) is 11.8 Å². The number of rotatable bonds is 5. The van der Waals surface area contributed by atoms with E-state index in [4.69, 9.17) is 4.74 Å². The van der Waals surface area contributed by atoms with Crippen molar-refractivity contribution in [1.82, 2.24) is 15.3 Å². The number of hydrogen-bond donors (Lipinski definition) is 2. The molecule has 1 aromatic carbocycles. The molecule has 2 atom stereocenters. The molecular weight excluding hydrogens is 326 g/mol. The Bertz CT molecular complexity index is 781. The summed E-state index contributed by atoms with van der Waals surface area (Å²) < 4.78 is 5.74. The Kier molecular flexibility index (Phi) is 3.76.